The summed E-state index contributed by atoms with van der Waals surface area (Å²) in [4.78, 5) is 11.9. The van der Waals surface area contributed by atoms with Gasteiger partial charge in [-0.05, 0) is 37.5 Å². The SMILES string of the molecule is Nc1ccc(C(=O)NCC2CCCCO2)c(N)c1. The van der Waals surface area contributed by atoms with Gasteiger partial charge in [-0.1, -0.05) is 0 Å². The zero-order valence-electron chi connectivity index (χ0n) is 10.3. The van der Waals surface area contributed by atoms with E-state index >= 15 is 0 Å². The summed E-state index contributed by atoms with van der Waals surface area (Å²) in [5, 5.41) is 2.84. The number of amides is 1. The highest BCUT2D eigenvalue weighted by Crippen LogP contribution is 2.16. The summed E-state index contributed by atoms with van der Waals surface area (Å²) in [5.74, 6) is -0.179. The van der Waals surface area contributed by atoms with E-state index < -0.39 is 0 Å². The summed E-state index contributed by atoms with van der Waals surface area (Å²) >= 11 is 0. The van der Waals surface area contributed by atoms with Crippen LogP contribution >= 0.6 is 0 Å². The number of carbonyl (C=O) groups excluding carboxylic acids is 1. The number of nitrogens with two attached hydrogens (primary N) is 2. The summed E-state index contributed by atoms with van der Waals surface area (Å²) in [7, 11) is 0. The van der Waals surface area contributed by atoms with Crippen molar-refractivity contribution >= 4 is 17.3 Å². The number of anilines is 2. The van der Waals surface area contributed by atoms with E-state index in [2.05, 4.69) is 5.32 Å². The van der Waals surface area contributed by atoms with E-state index in [-0.39, 0.29) is 12.0 Å². The van der Waals surface area contributed by atoms with Crippen LogP contribution in [0.2, 0.25) is 0 Å². The molecule has 2 rings (SSSR count). The number of hydrogen-bond donors (Lipinski definition) is 3. The third-order valence-corrected chi connectivity index (χ3v) is 3.08. The minimum Gasteiger partial charge on any atom is -0.399 e. The van der Waals surface area contributed by atoms with Gasteiger partial charge in [-0.15, -0.1) is 0 Å². The molecule has 18 heavy (non-hydrogen) atoms. The lowest BCUT2D eigenvalue weighted by Gasteiger charge is -2.22. The molecule has 5 N–H and O–H groups in total. The number of carbonyl (C=O) groups is 1. The first-order chi connectivity index (χ1) is 8.66. The normalized spacial score (nSPS) is 19.4. The standard InChI is InChI=1S/C13H19N3O2/c14-9-4-5-11(12(15)7-9)13(17)16-8-10-3-1-2-6-18-10/h4-5,7,10H,1-3,6,8,14-15H2,(H,16,17). The van der Waals surface area contributed by atoms with Gasteiger partial charge in [0.25, 0.3) is 5.91 Å². The van der Waals surface area contributed by atoms with E-state index in [9.17, 15) is 4.79 Å². The molecule has 5 heteroatoms. The molecule has 98 valence electrons. The van der Waals surface area contributed by atoms with Gasteiger partial charge in [0, 0.05) is 24.5 Å². The number of rotatable bonds is 3. The zero-order valence-corrected chi connectivity index (χ0v) is 10.3. The molecule has 1 amide bonds. The smallest absolute Gasteiger partial charge is 0.253 e. The quantitative estimate of drug-likeness (QED) is 0.701. The maximum Gasteiger partial charge on any atom is 0.253 e. The Morgan fingerprint density at radius 3 is 2.89 bits per heavy atom. The number of benzene rings is 1. The predicted octanol–water partition coefficient (Wildman–Crippen LogP) is 1.15. The van der Waals surface area contributed by atoms with Crippen molar-refractivity contribution in [2.24, 2.45) is 0 Å². The number of nitrogens with one attached hydrogen (secondary N) is 1. The molecular weight excluding hydrogens is 230 g/mol. The Bertz CT molecular complexity index is 428. The highest BCUT2D eigenvalue weighted by atomic mass is 16.5. The van der Waals surface area contributed by atoms with Crippen molar-refractivity contribution in [1.82, 2.24) is 5.32 Å². The largest absolute Gasteiger partial charge is 0.399 e. The van der Waals surface area contributed by atoms with Gasteiger partial charge in [-0.25, -0.2) is 0 Å². The lowest BCUT2D eigenvalue weighted by molar-refractivity contribution is 0.0169. The van der Waals surface area contributed by atoms with Crippen LogP contribution in [0, 0.1) is 0 Å². The maximum atomic E-state index is 11.9. The Balaban J connectivity index is 1.90. The van der Waals surface area contributed by atoms with Gasteiger partial charge in [-0.3, -0.25) is 4.79 Å². The molecule has 0 saturated carbocycles. The van der Waals surface area contributed by atoms with Crippen LogP contribution in [0.4, 0.5) is 11.4 Å². The molecule has 1 fully saturated rings. The second kappa shape index (κ2) is 5.73. The Labute approximate surface area is 106 Å². The molecule has 1 heterocycles. The van der Waals surface area contributed by atoms with Crippen molar-refractivity contribution in [2.45, 2.75) is 25.4 Å². The minimum atomic E-state index is -0.179. The van der Waals surface area contributed by atoms with E-state index in [1.165, 1.54) is 0 Å². The second-order valence-corrected chi connectivity index (χ2v) is 4.55. The van der Waals surface area contributed by atoms with Crippen LogP contribution < -0.4 is 16.8 Å². The maximum absolute atomic E-state index is 11.9. The van der Waals surface area contributed by atoms with Crippen molar-refractivity contribution in [1.29, 1.82) is 0 Å². The van der Waals surface area contributed by atoms with Gasteiger partial charge in [0.2, 0.25) is 0 Å². The van der Waals surface area contributed by atoms with E-state index in [4.69, 9.17) is 16.2 Å². The minimum absolute atomic E-state index is 0.123. The second-order valence-electron chi connectivity index (χ2n) is 4.55. The highest BCUT2D eigenvalue weighted by molar-refractivity contribution is 5.99. The molecule has 1 aromatic carbocycles. The molecule has 0 aromatic heterocycles. The molecule has 1 saturated heterocycles. The van der Waals surface area contributed by atoms with Gasteiger partial charge in [-0.2, -0.15) is 0 Å². The van der Waals surface area contributed by atoms with Crippen LogP contribution in [-0.2, 0) is 4.74 Å². The molecule has 1 atom stereocenters. The average Bonchev–Trinajstić information content (AvgIpc) is 2.37. The third kappa shape index (κ3) is 3.13. The molecule has 0 aliphatic carbocycles. The zero-order chi connectivity index (χ0) is 13.0. The van der Waals surface area contributed by atoms with Gasteiger partial charge < -0.3 is 21.5 Å². The van der Waals surface area contributed by atoms with Gasteiger partial charge in [0.05, 0.1) is 11.7 Å². The Kier molecular flexibility index (Phi) is 4.04. The predicted molar refractivity (Wildman–Crippen MR) is 71.2 cm³/mol. The first kappa shape index (κ1) is 12.7. The summed E-state index contributed by atoms with van der Waals surface area (Å²) in [5.41, 5.74) is 12.8. The molecule has 5 nitrogen and oxygen atoms in total. The van der Waals surface area contributed by atoms with Crippen molar-refractivity contribution in [2.75, 3.05) is 24.6 Å². The highest BCUT2D eigenvalue weighted by Gasteiger charge is 2.16. The van der Waals surface area contributed by atoms with Crippen molar-refractivity contribution in [3.8, 4) is 0 Å². The molecule has 1 unspecified atom stereocenters. The van der Waals surface area contributed by atoms with E-state index in [1.807, 2.05) is 0 Å². The number of nitrogen functional groups attached to an aromatic ring is 2. The van der Waals surface area contributed by atoms with Crippen LogP contribution in [0.1, 0.15) is 29.6 Å². The average molecular weight is 249 g/mol. The van der Waals surface area contributed by atoms with E-state index in [1.54, 1.807) is 18.2 Å². The third-order valence-electron chi connectivity index (χ3n) is 3.08. The van der Waals surface area contributed by atoms with Crippen LogP contribution in [0.25, 0.3) is 0 Å². The monoisotopic (exact) mass is 249 g/mol. The Morgan fingerprint density at radius 1 is 1.39 bits per heavy atom. The summed E-state index contributed by atoms with van der Waals surface area (Å²) in [6.45, 7) is 1.31. The van der Waals surface area contributed by atoms with Crippen LogP contribution in [-0.4, -0.2) is 25.2 Å². The fourth-order valence-electron chi connectivity index (χ4n) is 2.06. The van der Waals surface area contributed by atoms with Crippen molar-refractivity contribution < 1.29 is 9.53 Å². The molecule has 1 aliphatic heterocycles. The summed E-state index contributed by atoms with van der Waals surface area (Å²) in [6.07, 6.45) is 3.38. The van der Waals surface area contributed by atoms with Crippen molar-refractivity contribution in [3.05, 3.63) is 23.8 Å². The van der Waals surface area contributed by atoms with Gasteiger partial charge >= 0.3 is 0 Å². The Morgan fingerprint density at radius 2 is 2.22 bits per heavy atom. The van der Waals surface area contributed by atoms with Crippen LogP contribution in [0.3, 0.4) is 0 Å². The molecule has 1 aromatic rings. The first-order valence-electron chi connectivity index (χ1n) is 6.21. The molecule has 0 bridgehead atoms. The lowest BCUT2D eigenvalue weighted by atomic mass is 10.1. The first-order valence-corrected chi connectivity index (χ1v) is 6.21. The topological polar surface area (TPSA) is 90.4 Å². The van der Waals surface area contributed by atoms with Crippen LogP contribution in [0.15, 0.2) is 18.2 Å². The van der Waals surface area contributed by atoms with Gasteiger partial charge in [0.1, 0.15) is 0 Å². The Hall–Kier alpha value is -1.75. The molecular formula is C13H19N3O2. The fourth-order valence-corrected chi connectivity index (χ4v) is 2.06. The molecule has 0 spiro atoms. The number of hydrogen-bond acceptors (Lipinski definition) is 4. The van der Waals surface area contributed by atoms with E-state index in [0.717, 1.165) is 25.9 Å². The van der Waals surface area contributed by atoms with Gasteiger partial charge in [0.15, 0.2) is 0 Å². The summed E-state index contributed by atoms with van der Waals surface area (Å²) < 4.78 is 5.55. The number of ether oxygens (including phenoxy) is 1. The van der Waals surface area contributed by atoms with Crippen molar-refractivity contribution in [3.63, 3.8) is 0 Å². The van der Waals surface area contributed by atoms with Crippen LogP contribution in [0.5, 0.6) is 0 Å². The summed E-state index contributed by atoms with van der Waals surface area (Å²) in [6, 6.07) is 4.90. The molecule has 0 radical (unpaired) electrons. The molecule has 1 aliphatic rings. The lowest BCUT2D eigenvalue weighted by Crippen LogP contribution is -2.35. The van der Waals surface area contributed by atoms with E-state index in [0.29, 0.717) is 23.5 Å². The fraction of sp³-hybridized carbons (Fsp3) is 0.462.